The smallest absolute Gasteiger partial charge is 0.252 e. The maximum absolute atomic E-state index is 14.9. The third-order valence-electron chi connectivity index (χ3n) is 7.62. The summed E-state index contributed by atoms with van der Waals surface area (Å²) >= 11 is 11.6. The molecule has 1 aliphatic carbocycles. The number of aliphatic hydroxyl groups is 2. The molecule has 1 heterocycles. The minimum Gasteiger partial charge on any atom is -0.394 e. The first-order valence-electron chi connectivity index (χ1n) is 14.5. The van der Waals surface area contributed by atoms with Crippen LogP contribution in [0.4, 0.5) is 10.1 Å². The van der Waals surface area contributed by atoms with Crippen LogP contribution >= 0.6 is 23.2 Å². The molecule has 4 atom stereocenters. The normalized spacial score (nSPS) is 20.0. The molecule has 2 aliphatic rings. The largest absolute Gasteiger partial charge is 0.394 e. The minimum atomic E-state index is -3.86. The summed E-state index contributed by atoms with van der Waals surface area (Å²) < 4.78 is 48.7. The number of aliphatic hydroxyl groups excluding tert-OH is 2. The number of nitrogens with zero attached hydrogens (tertiary/aromatic N) is 2. The van der Waals surface area contributed by atoms with Gasteiger partial charge in [0.25, 0.3) is 5.91 Å². The lowest BCUT2D eigenvalue weighted by molar-refractivity contribution is -0.167. The molecule has 3 aromatic rings. The van der Waals surface area contributed by atoms with E-state index in [1.165, 1.54) is 18.2 Å². The lowest BCUT2D eigenvalue weighted by Gasteiger charge is -2.45. The summed E-state index contributed by atoms with van der Waals surface area (Å²) in [4.78, 5) is 15.3. The van der Waals surface area contributed by atoms with E-state index in [9.17, 15) is 27.8 Å². The van der Waals surface area contributed by atoms with Crippen molar-refractivity contribution >= 4 is 44.8 Å². The zero-order valence-electron chi connectivity index (χ0n) is 24.3. The number of carbonyl (C=O) groups is 1. The molecule has 1 saturated carbocycles. The Labute approximate surface area is 268 Å². The number of carbonyl (C=O) groups excluding carboxylic acids is 1. The fourth-order valence-electron chi connectivity index (χ4n) is 5.10. The Morgan fingerprint density at radius 3 is 2.16 bits per heavy atom. The average molecular weight is 668 g/mol. The van der Waals surface area contributed by atoms with E-state index in [1.807, 2.05) is 37.3 Å². The maximum atomic E-state index is 14.9. The van der Waals surface area contributed by atoms with Crippen LogP contribution in [0.15, 0.2) is 78.9 Å². The number of hydrogen-bond donors (Lipinski definition) is 2. The van der Waals surface area contributed by atoms with E-state index < -0.39 is 57.9 Å². The van der Waals surface area contributed by atoms with Crippen molar-refractivity contribution in [1.82, 2.24) is 4.90 Å². The van der Waals surface area contributed by atoms with Gasteiger partial charge in [0, 0.05) is 16.5 Å². The molecular weight excluding hydrogens is 630 g/mol. The second kappa shape index (κ2) is 15.5. The van der Waals surface area contributed by atoms with Gasteiger partial charge in [-0.15, -0.1) is 0 Å². The van der Waals surface area contributed by atoms with Crippen molar-refractivity contribution < 1.29 is 32.6 Å². The summed E-state index contributed by atoms with van der Waals surface area (Å²) in [7, 11) is -3.86. The third-order valence-corrected chi connectivity index (χ3v) is 10.4. The summed E-state index contributed by atoms with van der Waals surface area (Å²) in [5.41, 5.74) is 0.698. The van der Waals surface area contributed by atoms with Crippen LogP contribution in [0.3, 0.4) is 0 Å². The van der Waals surface area contributed by atoms with Crippen molar-refractivity contribution in [3.05, 3.63) is 100 Å². The van der Waals surface area contributed by atoms with E-state index >= 15 is 0 Å². The highest BCUT2D eigenvalue weighted by atomic mass is 35.5. The first-order chi connectivity index (χ1) is 21.1. The number of amides is 1. The van der Waals surface area contributed by atoms with E-state index in [0.717, 1.165) is 14.9 Å². The summed E-state index contributed by atoms with van der Waals surface area (Å²) in [6.07, 6.45) is -0.859. The number of morpholine rings is 1. The van der Waals surface area contributed by atoms with E-state index in [0.29, 0.717) is 24.3 Å². The number of para-hydroxylation sites is 1. The lowest BCUT2D eigenvalue weighted by Crippen LogP contribution is -2.57. The predicted molar refractivity (Wildman–Crippen MR) is 170 cm³/mol. The van der Waals surface area contributed by atoms with Crippen molar-refractivity contribution in [1.29, 1.82) is 0 Å². The average Bonchev–Trinajstić information content (AvgIpc) is 3.87. The van der Waals surface area contributed by atoms with E-state index in [4.69, 9.17) is 27.9 Å². The van der Waals surface area contributed by atoms with Crippen LogP contribution in [-0.2, 0) is 19.6 Å². The summed E-state index contributed by atoms with van der Waals surface area (Å²) in [6, 6.07) is 20.9. The molecule has 2 N–H and O–H groups in total. The van der Waals surface area contributed by atoms with Gasteiger partial charge < -0.3 is 19.8 Å². The number of rotatable bonds is 11. The first-order valence-corrected chi connectivity index (χ1v) is 16.8. The van der Waals surface area contributed by atoms with E-state index in [2.05, 4.69) is 0 Å². The van der Waals surface area contributed by atoms with Crippen molar-refractivity contribution in [2.24, 2.45) is 0 Å². The van der Waals surface area contributed by atoms with Crippen LogP contribution in [0.25, 0.3) is 0 Å². The Morgan fingerprint density at radius 1 is 1.00 bits per heavy atom. The van der Waals surface area contributed by atoms with Crippen LogP contribution < -0.4 is 4.31 Å². The van der Waals surface area contributed by atoms with Gasteiger partial charge in [0.1, 0.15) is 11.9 Å². The second-order valence-corrected chi connectivity index (χ2v) is 13.8. The van der Waals surface area contributed by atoms with Crippen molar-refractivity contribution in [3.63, 3.8) is 0 Å². The van der Waals surface area contributed by atoms with E-state index in [1.54, 1.807) is 35.2 Å². The van der Waals surface area contributed by atoms with Gasteiger partial charge in [0.05, 0.1) is 48.9 Å². The Bertz CT molecular complexity index is 1480. The number of halogens is 3. The molecule has 0 bridgehead atoms. The number of ether oxygens (including phenoxy) is 1. The topological polar surface area (TPSA) is 107 Å². The molecule has 0 spiro atoms. The fourth-order valence-corrected chi connectivity index (χ4v) is 7.27. The molecule has 0 aromatic heterocycles. The zero-order valence-corrected chi connectivity index (χ0v) is 26.6. The quantitative estimate of drug-likeness (QED) is 0.276. The van der Waals surface area contributed by atoms with Gasteiger partial charge in [-0.2, -0.15) is 0 Å². The van der Waals surface area contributed by atoms with Crippen LogP contribution in [0.2, 0.25) is 10.0 Å². The van der Waals surface area contributed by atoms with Crippen molar-refractivity contribution in [3.8, 4) is 0 Å². The highest BCUT2D eigenvalue weighted by molar-refractivity contribution is 7.93. The third kappa shape index (κ3) is 8.50. The number of benzene rings is 3. The van der Waals surface area contributed by atoms with Crippen LogP contribution in [0.1, 0.15) is 44.2 Å². The predicted octanol–water partition coefficient (Wildman–Crippen LogP) is 5.61. The first kappa shape index (κ1) is 34.1. The lowest BCUT2D eigenvalue weighted by atomic mass is 9.98. The fraction of sp³-hybridized carbons (Fsp3) is 0.406. The SMILES string of the molecule is CCC(CN(c1ccccc1F)S(=O)(=O)C1CC1)N1C(=O)[C@H](CC(O)CO)OCC1c1ccc(Cl)cc1.Clc1ccccc1. The van der Waals surface area contributed by atoms with Crippen LogP contribution in [0, 0.1) is 5.82 Å². The molecule has 1 saturated heterocycles. The molecule has 3 unspecified atom stereocenters. The van der Waals surface area contributed by atoms with Gasteiger partial charge in [-0.3, -0.25) is 9.10 Å². The molecule has 0 radical (unpaired) electrons. The molecule has 5 rings (SSSR count). The molecule has 238 valence electrons. The van der Waals surface area contributed by atoms with Crippen LogP contribution in [0.5, 0.6) is 0 Å². The number of anilines is 1. The monoisotopic (exact) mass is 666 g/mol. The van der Waals surface area contributed by atoms with Crippen molar-refractivity contribution in [2.75, 3.05) is 24.1 Å². The number of hydrogen-bond acceptors (Lipinski definition) is 6. The van der Waals surface area contributed by atoms with Crippen molar-refractivity contribution in [2.45, 2.75) is 62.1 Å². The van der Waals surface area contributed by atoms with E-state index in [-0.39, 0.29) is 25.3 Å². The van der Waals surface area contributed by atoms with Gasteiger partial charge in [-0.25, -0.2) is 12.8 Å². The molecule has 3 aromatic carbocycles. The van der Waals surface area contributed by atoms with Gasteiger partial charge in [-0.1, -0.05) is 72.6 Å². The Hall–Kier alpha value is -2.73. The molecule has 1 aliphatic heterocycles. The summed E-state index contributed by atoms with van der Waals surface area (Å²) in [5, 5.41) is 20.0. The minimum absolute atomic E-state index is 0.0520. The molecule has 1 amide bonds. The van der Waals surface area contributed by atoms with Gasteiger partial charge in [0.2, 0.25) is 10.0 Å². The molecule has 8 nitrogen and oxygen atoms in total. The highest BCUT2D eigenvalue weighted by Gasteiger charge is 2.45. The molecular formula is C32H37Cl2FN2O6S. The molecule has 44 heavy (non-hydrogen) atoms. The molecule has 12 heteroatoms. The van der Waals surface area contributed by atoms with Crippen LogP contribution in [-0.4, -0.2) is 72.7 Å². The standard InChI is InChI=1S/C26H32ClFN2O6S.C6H5Cl/c1-2-19(14-29(37(34,35)21-11-12-21)23-6-4-3-5-22(23)28)30-24(17-7-9-18(27)10-8-17)16-36-25(26(30)33)13-20(32)15-31;7-6-4-2-1-3-5-6/h3-10,19-21,24-25,31-32H,2,11-16H2,1H3;1-5H/t19?,20?,24?,25-;/m0./s1. The summed E-state index contributed by atoms with van der Waals surface area (Å²) in [5.74, 6) is -1.09. The van der Waals surface area contributed by atoms with Gasteiger partial charge >= 0.3 is 0 Å². The highest BCUT2D eigenvalue weighted by Crippen LogP contribution is 2.37. The Kier molecular flexibility index (Phi) is 12.0. The summed E-state index contributed by atoms with van der Waals surface area (Å²) in [6.45, 7) is 1.28. The van der Waals surface area contributed by atoms with Gasteiger partial charge in [-0.05, 0) is 61.2 Å². The maximum Gasteiger partial charge on any atom is 0.252 e. The second-order valence-electron chi connectivity index (χ2n) is 10.8. The number of sulfonamides is 1. The van der Waals surface area contributed by atoms with Gasteiger partial charge in [0.15, 0.2) is 0 Å². The Morgan fingerprint density at radius 2 is 1.61 bits per heavy atom. The molecule has 2 fully saturated rings. The zero-order chi connectivity index (χ0) is 31.9. The Balaban J connectivity index is 0.000000555.